The van der Waals surface area contributed by atoms with E-state index in [2.05, 4.69) is 29.7 Å². The van der Waals surface area contributed by atoms with E-state index in [1.807, 2.05) is 0 Å². The van der Waals surface area contributed by atoms with Crippen LogP contribution in [-0.2, 0) is 11.5 Å². The fraction of sp³-hybridized carbons (Fsp3) is 0.458. The lowest BCUT2D eigenvalue weighted by atomic mass is 10.0. The van der Waals surface area contributed by atoms with Crippen LogP contribution in [0.5, 0.6) is 0 Å². The molecule has 0 amide bonds. The summed E-state index contributed by atoms with van der Waals surface area (Å²) in [5.41, 5.74) is 6.32. The van der Waals surface area contributed by atoms with E-state index in [1.165, 1.54) is 6.20 Å². The Balaban J connectivity index is 1.75. The van der Waals surface area contributed by atoms with Gasteiger partial charge in [-0.2, -0.15) is 5.10 Å². The summed E-state index contributed by atoms with van der Waals surface area (Å²) in [5.74, 6) is -1.19. The van der Waals surface area contributed by atoms with Gasteiger partial charge in [0.25, 0.3) is 0 Å². The molecule has 4 rings (SSSR count). The van der Waals surface area contributed by atoms with E-state index >= 15 is 0 Å². The highest BCUT2D eigenvalue weighted by Crippen LogP contribution is 2.40. The number of carbonyl (C=O) groups is 1. The topological polar surface area (TPSA) is 86.3 Å². The first-order valence-corrected chi connectivity index (χ1v) is 15.3. The lowest BCUT2D eigenvalue weighted by Crippen LogP contribution is -2.25. The van der Waals surface area contributed by atoms with Crippen LogP contribution in [0.1, 0.15) is 28.4 Å². The molecule has 1 aliphatic heterocycles. The molecule has 1 aliphatic rings. The molecule has 0 aliphatic carbocycles. The second-order valence-electron chi connectivity index (χ2n) is 10.1. The van der Waals surface area contributed by atoms with Crippen LogP contribution in [-0.4, -0.2) is 54.5 Å². The van der Waals surface area contributed by atoms with Crippen molar-refractivity contribution in [3.8, 4) is 0 Å². The number of hydrogen-bond donors (Lipinski definition) is 1. The van der Waals surface area contributed by atoms with Crippen molar-refractivity contribution in [2.45, 2.75) is 51.1 Å². The van der Waals surface area contributed by atoms with Gasteiger partial charge in [0.1, 0.15) is 24.5 Å². The summed E-state index contributed by atoms with van der Waals surface area (Å²) in [5, 5.41) is 5.13. The average Bonchev–Trinajstić information content (AvgIpc) is 3.36. The summed E-state index contributed by atoms with van der Waals surface area (Å²) >= 11 is 0. The number of carbonyl (C=O) groups excluding carboxylic acids is 1. The Morgan fingerprint density at radius 3 is 2.74 bits per heavy atom. The smallest absolute Gasteiger partial charge is 0.177 e. The van der Waals surface area contributed by atoms with Crippen LogP contribution in [0.2, 0.25) is 25.7 Å². The number of Topliss-reactive ketones (excluding diaryl/α,β-unsaturated/α-hetero) is 1. The Hall–Kier alpha value is -2.76. The van der Waals surface area contributed by atoms with E-state index in [0.29, 0.717) is 29.0 Å². The number of alkyl halides is 1. The SMILES string of the molecule is C[Si](C)(C)CCOCn1nc(N2C[C@@H](F)C[C@@H]2c2cc(F)ccc2F)c2cc(C(=O)CN)cnc21. The number of aromatic nitrogens is 3. The zero-order valence-corrected chi connectivity index (χ0v) is 21.1. The Morgan fingerprint density at radius 1 is 1.26 bits per heavy atom. The number of ether oxygens (including phenoxy) is 1. The highest BCUT2D eigenvalue weighted by atomic mass is 28.3. The number of pyridine rings is 1. The Morgan fingerprint density at radius 2 is 2.03 bits per heavy atom. The summed E-state index contributed by atoms with van der Waals surface area (Å²) < 4.78 is 50.7. The van der Waals surface area contributed by atoms with E-state index in [4.69, 9.17) is 10.5 Å². The molecule has 2 atom stereocenters. The predicted octanol–water partition coefficient (Wildman–Crippen LogP) is 4.45. The van der Waals surface area contributed by atoms with Crippen molar-refractivity contribution in [3.63, 3.8) is 0 Å². The van der Waals surface area contributed by atoms with Crippen molar-refractivity contribution in [1.82, 2.24) is 14.8 Å². The van der Waals surface area contributed by atoms with Crippen molar-refractivity contribution in [2.24, 2.45) is 5.73 Å². The number of benzene rings is 1. The molecule has 1 aromatic carbocycles. The van der Waals surface area contributed by atoms with Crippen LogP contribution in [0.15, 0.2) is 30.5 Å². The molecule has 0 unspecified atom stereocenters. The van der Waals surface area contributed by atoms with Gasteiger partial charge in [0.2, 0.25) is 0 Å². The number of anilines is 1. The molecular weight excluding hydrogens is 475 g/mol. The van der Waals surface area contributed by atoms with Gasteiger partial charge >= 0.3 is 0 Å². The normalized spacial score (nSPS) is 18.5. The lowest BCUT2D eigenvalue weighted by Gasteiger charge is -2.25. The summed E-state index contributed by atoms with van der Waals surface area (Å²) in [6.45, 7) is 7.18. The summed E-state index contributed by atoms with van der Waals surface area (Å²) in [7, 11) is -1.29. The zero-order valence-electron chi connectivity index (χ0n) is 20.1. The molecule has 188 valence electrons. The molecule has 11 heteroatoms. The molecule has 2 N–H and O–H groups in total. The van der Waals surface area contributed by atoms with Gasteiger partial charge in [-0.3, -0.25) is 4.79 Å². The maximum atomic E-state index is 14.7. The number of nitrogens with zero attached hydrogens (tertiary/aromatic N) is 4. The number of rotatable bonds is 9. The summed E-state index contributed by atoms with van der Waals surface area (Å²) in [6.07, 6.45) is 0.140. The van der Waals surface area contributed by atoms with E-state index in [9.17, 15) is 18.0 Å². The van der Waals surface area contributed by atoms with Gasteiger partial charge in [0, 0.05) is 38.4 Å². The number of ketones is 1. The van der Waals surface area contributed by atoms with E-state index in [1.54, 1.807) is 15.6 Å². The van der Waals surface area contributed by atoms with E-state index in [-0.39, 0.29) is 37.6 Å². The Bertz CT molecular complexity index is 1230. The zero-order chi connectivity index (χ0) is 25.3. The van der Waals surface area contributed by atoms with Crippen molar-refractivity contribution in [1.29, 1.82) is 0 Å². The molecule has 0 saturated carbocycles. The van der Waals surface area contributed by atoms with Gasteiger partial charge in [-0.15, -0.1) is 0 Å². The monoisotopic (exact) mass is 505 g/mol. The molecule has 3 aromatic rings. The van der Waals surface area contributed by atoms with Crippen LogP contribution in [0, 0.1) is 11.6 Å². The molecule has 0 spiro atoms. The number of hydrogen-bond acceptors (Lipinski definition) is 6. The fourth-order valence-corrected chi connectivity index (χ4v) is 4.99. The van der Waals surface area contributed by atoms with Crippen LogP contribution < -0.4 is 10.6 Å². The lowest BCUT2D eigenvalue weighted by molar-refractivity contribution is 0.0814. The Kier molecular flexibility index (Phi) is 7.29. The molecule has 1 fully saturated rings. The van der Waals surface area contributed by atoms with Gasteiger partial charge in [-0.05, 0) is 30.3 Å². The van der Waals surface area contributed by atoms with Crippen LogP contribution >= 0.6 is 0 Å². The molecule has 2 aromatic heterocycles. The average molecular weight is 506 g/mol. The first-order chi connectivity index (χ1) is 16.6. The fourth-order valence-electron chi connectivity index (χ4n) is 4.23. The van der Waals surface area contributed by atoms with E-state index in [0.717, 1.165) is 24.2 Å². The quantitative estimate of drug-likeness (QED) is 0.263. The third kappa shape index (κ3) is 5.57. The van der Waals surface area contributed by atoms with Crippen molar-refractivity contribution in [2.75, 3.05) is 24.6 Å². The molecule has 3 heterocycles. The third-order valence-corrected chi connectivity index (χ3v) is 7.83. The summed E-state index contributed by atoms with van der Waals surface area (Å²) in [6, 6.07) is 4.97. The molecule has 1 saturated heterocycles. The van der Waals surface area contributed by atoms with Crippen molar-refractivity contribution >= 4 is 30.7 Å². The minimum Gasteiger partial charge on any atom is -0.359 e. The highest BCUT2D eigenvalue weighted by molar-refractivity contribution is 6.76. The van der Waals surface area contributed by atoms with Gasteiger partial charge < -0.3 is 15.4 Å². The first-order valence-electron chi connectivity index (χ1n) is 11.6. The third-order valence-electron chi connectivity index (χ3n) is 6.12. The molecular formula is C24H30F3N5O2Si. The second kappa shape index (κ2) is 10.1. The maximum absolute atomic E-state index is 14.7. The molecule has 7 nitrogen and oxygen atoms in total. The largest absolute Gasteiger partial charge is 0.359 e. The minimum absolute atomic E-state index is 0.0176. The van der Waals surface area contributed by atoms with Gasteiger partial charge in [-0.1, -0.05) is 19.6 Å². The second-order valence-corrected chi connectivity index (χ2v) is 15.7. The van der Waals surface area contributed by atoms with E-state index < -0.39 is 31.9 Å². The number of fused-ring (bicyclic) bond motifs is 1. The van der Waals surface area contributed by atoms with Crippen LogP contribution in [0.3, 0.4) is 0 Å². The highest BCUT2D eigenvalue weighted by Gasteiger charge is 2.37. The molecule has 0 bridgehead atoms. The molecule has 0 radical (unpaired) electrons. The van der Waals surface area contributed by atoms with Crippen LogP contribution in [0.25, 0.3) is 11.0 Å². The standard InChI is InChI=1S/C24H30F3N5O2Si/c1-35(2,3)7-6-34-14-32-23-19(8-15(12-29-23)22(33)11-28)24(30-32)31-13-17(26)10-21(31)18-9-16(25)4-5-20(18)27/h4-5,8-9,12,17,21H,6-7,10-11,13-14,28H2,1-3H3/t17-,21+/m0/s1. The predicted molar refractivity (Wildman–Crippen MR) is 131 cm³/mol. The maximum Gasteiger partial charge on any atom is 0.177 e. The summed E-state index contributed by atoms with van der Waals surface area (Å²) in [4.78, 5) is 18.3. The number of nitrogens with two attached hydrogens (primary N) is 1. The van der Waals surface area contributed by atoms with Crippen LogP contribution in [0.4, 0.5) is 19.0 Å². The van der Waals surface area contributed by atoms with Crippen molar-refractivity contribution < 1.29 is 22.7 Å². The van der Waals surface area contributed by atoms with Gasteiger partial charge in [-0.25, -0.2) is 22.8 Å². The van der Waals surface area contributed by atoms with Gasteiger partial charge in [0.05, 0.1) is 24.5 Å². The number of halogens is 3. The van der Waals surface area contributed by atoms with Gasteiger partial charge in [0.15, 0.2) is 17.2 Å². The Labute approximate surface area is 203 Å². The van der Waals surface area contributed by atoms with Crippen molar-refractivity contribution in [3.05, 3.63) is 53.2 Å². The first kappa shape index (κ1) is 25.3. The minimum atomic E-state index is -1.29. The molecule has 35 heavy (non-hydrogen) atoms.